The van der Waals surface area contributed by atoms with Gasteiger partial charge in [-0.1, -0.05) is 77.4 Å². The van der Waals surface area contributed by atoms with Crippen LogP contribution in [0, 0.1) is 0 Å². The molecule has 0 saturated carbocycles. The maximum atomic E-state index is 12.6. The molecule has 0 bridgehead atoms. The van der Waals surface area contributed by atoms with Crippen LogP contribution in [0.1, 0.15) is 68.6 Å². The Morgan fingerprint density at radius 1 is 0.931 bits per heavy atom. The molecule has 0 atom stereocenters. The van der Waals surface area contributed by atoms with Crippen molar-refractivity contribution in [3.05, 3.63) is 69.7 Å². The fraction of sp³-hybridized carbons (Fsp3) is 0.417. The number of carbonyl (C=O) groups excluding carboxylic acids is 2. The molecule has 0 aliphatic rings. The highest BCUT2D eigenvalue weighted by Gasteiger charge is 2.23. The van der Waals surface area contributed by atoms with Gasteiger partial charge >= 0.3 is 5.97 Å². The van der Waals surface area contributed by atoms with E-state index in [2.05, 4.69) is 52.9 Å². The van der Waals surface area contributed by atoms with E-state index in [1.807, 2.05) is 30.3 Å². The fourth-order valence-electron chi connectivity index (χ4n) is 2.71. The minimum absolute atomic E-state index is 0.109. The van der Waals surface area contributed by atoms with Crippen molar-refractivity contribution < 1.29 is 14.3 Å². The summed E-state index contributed by atoms with van der Waals surface area (Å²) in [5.74, 6) is -0.879. The lowest BCUT2D eigenvalue weighted by Gasteiger charge is -2.25. The lowest BCUT2D eigenvalue weighted by atomic mass is 9.79. The highest BCUT2D eigenvalue weighted by Crippen LogP contribution is 2.30. The first-order valence-electron chi connectivity index (χ1n) is 9.71. The maximum Gasteiger partial charge on any atom is 0.338 e. The van der Waals surface area contributed by atoms with E-state index in [9.17, 15) is 9.59 Å². The molecule has 2 aromatic carbocycles. The van der Waals surface area contributed by atoms with Crippen LogP contribution in [-0.2, 0) is 26.9 Å². The van der Waals surface area contributed by atoms with Crippen LogP contribution < -0.4 is 5.32 Å². The van der Waals surface area contributed by atoms with Gasteiger partial charge in [-0.05, 0) is 45.7 Å². The molecule has 29 heavy (non-hydrogen) atoms. The van der Waals surface area contributed by atoms with Crippen LogP contribution in [0.3, 0.4) is 0 Å². The zero-order valence-electron chi connectivity index (χ0n) is 18.1. The number of rotatable bonds is 5. The molecule has 0 aliphatic carbocycles. The third kappa shape index (κ3) is 6.60. The summed E-state index contributed by atoms with van der Waals surface area (Å²) in [5, 5.41) is 3.30. The van der Waals surface area contributed by atoms with Gasteiger partial charge in [0.2, 0.25) is 0 Å². The molecule has 0 radical (unpaired) electrons. The summed E-state index contributed by atoms with van der Waals surface area (Å²) in [6, 6.07) is 13.1. The molecule has 156 valence electrons. The number of hydrogen-bond acceptors (Lipinski definition) is 3. The largest absolute Gasteiger partial charge is 0.452 e. The summed E-state index contributed by atoms with van der Waals surface area (Å²) in [6.45, 7) is 12.6. The van der Waals surface area contributed by atoms with E-state index in [-0.39, 0.29) is 29.9 Å². The van der Waals surface area contributed by atoms with E-state index in [4.69, 9.17) is 16.3 Å². The number of carbonyl (C=O) groups is 2. The maximum absolute atomic E-state index is 12.6. The molecule has 5 heteroatoms. The SMILES string of the molecule is CC(C)(C)c1cc(C(=O)OCC(=O)NCc2ccccc2Cl)cc(C(C)(C)C)c1. The summed E-state index contributed by atoms with van der Waals surface area (Å²) in [4.78, 5) is 24.7. The minimum Gasteiger partial charge on any atom is -0.452 e. The lowest BCUT2D eigenvalue weighted by molar-refractivity contribution is -0.124. The quantitative estimate of drug-likeness (QED) is 0.664. The van der Waals surface area contributed by atoms with Gasteiger partial charge in [0.25, 0.3) is 5.91 Å². The Morgan fingerprint density at radius 2 is 1.48 bits per heavy atom. The van der Waals surface area contributed by atoms with E-state index in [0.717, 1.165) is 16.7 Å². The molecule has 1 amide bonds. The van der Waals surface area contributed by atoms with Gasteiger partial charge in [0.1, 0.15) is 0 Å². The van der Waals surface area contributed by atoms with E-state index in [0.29, 0.717) is 10.6 Å². The van der Waals surface area contributed by atoms with Gasteiger partial charge in [0.05, 0.1) is 5.56 Å². The predicted octanol–water partition coefficient (Wildman–Crippen LogP) is 5.41. The molecule has 0 saturated heterocycles. The average molecular weight is 416 g/mol. The monoisotopic (exact) mass is 415 g/mol. The molecular formula is C24H30ClNO3. The van der Waals surface area contributed by atoms with Crippen molar-refractivity contribution in [1.29, 1.82) is 0 Å². The summed E-state index contributed by atoms with van der Waals surface area (Å²) < 4.78 is 5.26. The van der Waals surface area contributed by atoms with Crippen LogP contribution >= 0.6 is 11.6 Å². The van der Waals surface area contributed by atoms with Crippen molar-refractivity contribution in [2.24, 2.45) is 0 Å². The summed E-state index contributed by atoms with van der Waals surface area (Å²) in [5.41, 5.74) is 3.16. The van der Waals surface area contributed by atoms with Crippen molar-refractivity contribution in [3.8, 4) is 0 Å². The second kappa shape index (κ2) is 9.00. The number of esters is 1. The lowest BCUT2D eigenvalue weighted by Crippen LogP contribution is -2.28. The molecule has 4 nitrogen and oxygen atoms in total. The summed E-state index contributed by atoms with van der Waals surface area (Å²) >= 11 is 6.08. The standard InChI is InChI=1S/C24H30ClNO3/c1-23(2,3)18-11-17(12-19(13-18)24(4,5)6)22(28)29-15-21(27)26-14-16-9-7-8-10-20(16)25/h7-13H,14-15H2,1-6H3,(H,26,27). The van der Waals surface area contributed by atoms with Crippen LogP contribution in [0.25, 0.3) is 0 Å². The molecule has 0 aromatic heterocycles. The molecule has 0 unspecified atom stereocenters. The van der Waals surface area contributed by atoms with E-state index < -0.39 is 5.97 Å². The normalized spacial score (nSPS) is 11.8. The van der Waals surface area contributed by atoms with Crippen LogP contribution in [0.15, 0.2) is 42.5 Å². The molecule has 1 N–H and O–H groups in total. The topological polar surface area (TPSA) is 55.4 Å². The van der Waals surface area contributed by atoms with Crippen molar-refractivity contribution >= 4 is 23.5 Å². The zero-order valence-corrected chi connectivity index (χ0v) is 18.8. The van der Waals surface area contributed by atoms with Gasteiger partial charge in [-0.2, -0.15) is 0 Å². The zero-order chi connectivity index (χ0) is 21.8. The van der Waals surface area contributed by atoms with Gasteiger partial charge in [0, 0.05) is 11.6 Å². The average Bonchev–Trinajstić information content (AvgIpc) is 2.63. The van der Waals surface area contributed by atoms with Gasteiger partial charge in [-0.3, -0.25) is 4.79 Å². The number of halogens is 1. The number of benzene rings is 2. The highest BCUT2D eigenvalue weighted by molar-refractivity contribution is 6.31. The van der Waals surface area contributed by atoms with Gasteiger partial charge in [-0.15, -0.1) is 0 Å². The minimum atomic E-state index is -0.505. The fourth-order valence-corrected chi connectivity index (χ4v) is 2.92. The number of ether oxygens (including phenoxy) is 1. The first-order chi connectivity index (χ1) is 13.4. The predicted molar refractivity (Wildman–Crippen MR) is 117 cm³/mol. The third-order valence-corrected chi connectivity index (χ3v) is 5.04. The van der Waals surface area contributed by atoms with E-state index in [1.54, 1.807) is 6.07 Å². The van der Waals surface area contributed by atoms with Gasteiger partial charge in [-0.25, -0.2) is 4.79 Å². The van der Waals surface area contributed by atoms with Crippen molar-refractivity contribution in [2.45, 2.75) is 58.9 Å². The summed E-state index contributed by atoms with van der Waals surface area (Å²) in [7, 11) is 0. The van der Waals surface area contributed by atoms with Gasteiger partial charge in [0.15, 0.2) is 6.61 Å². The van der Waals surface area contributed by atoms with Crippen molar-refractivity contribution in [1.82, 2.24) is 5.32 Å². The molecular weight excluding hydrogens is 386 g/mol. The first-order valence-corrected chi connectivity index (χ1v) is 10.1. The van der Waals surface area contributed by atoms with E-state index in [1.165, 1.54) is 0 Å². The Morgan fingerprint density at radius 3 is 2.00 bits per heavy atom. The second-order valence-corrected chi connectivity index (χ2v) is 9.65. The smallest absolute Gasteiger partial charge is 0.338 e. The molecule has 0 spiro atoms. The third-order valence-electron chi connectivity index (χ3n) is 4.67. The van der Waals surface area contributed by atoms with Crippen LogP contribution in [0.5, 0.6) is 0 Å². The highest BCUT2D eigenvalue weighted by atomic mass is 35.5. The molecule has 0 fully saturated rings. The Balaban J connectivity index is 2.06. The van der Waals surface area contributed by atoms with Crippen LogP contribution in [0.4, 0.5) is 0 Å². The first kappa shape index (κ1) is 23.0. The Kier molecular flexibility index (Phi) is 7.12. The Bertz CT molecular complexity index is 859. The van der Waals surface area contributed by atoms with Crippen LogP contribution in [0.2, 0.25) is 5.02 Å². The molecule has 0 aliphatic heterocycles. The number of hydrogen-bond donors (Lipinski definition) is 1. The number of amides is 1. The number of nitrogens with one attached hydrogen (secondary N) is 1. The second-order valence-electron chi connectivity index (χ2n) is 9.24. The van der Waals surface area contributed by atoms with Crippen molar-refractivity contribution in [3.63, 3.8) is 0 Å². The Labute approximate surface area is 178 Å². The van der Waals surface area contributed by atoms with Crippen LogP contribution in [-0.4, -0.2) is 18.5 Å². The van der Waals surface area contributed by atoms with Crippen molar-refractivity contribution in [2.75, 3.05) is 6.61 Å². The molecule has 2 aromatic rings. The van der Waals surface area contributed by atoms with E-state index >= 15 is 0 Å². The Hall–Kier alpha value is -2.33. The molecule has 0 heterocycles. The summed E-state index contributed by atoms with van der Waals surface area (Å²) in [6.07, 6.45) is 0. The molecule has 2 rings (SSSR count). The van der Waals surface area contributed by atoms with Gasteiger partial charge < -0.3 is 10.1 Å².